The zero-order chi connectivity index (χ0) is 9.97. The van der Waals surface area contributed by atoms with Crippen LogP contribution in [0.15, 0.2) is 18.1 Å². The molecule has 0 aliphatic carbocycles. The molecule has 0 unspecified atom stereocenters. The highest BCUT2D eigenvalue weighted by Gasteiger charge is 2.12. The first-order valence-corrected chi connectivity index (χ1v) is 5.22. The molecule has 1 aromatic rings. The molecule has 2 rings (SSSR count). The number of rotatable bonds is 2. The van der Waals surface area contributed by atoms with Crippen LogP contribution in [-0.2, 0) is 6.54 Å². The van der Waals surface area contributed by atoms with Crippen molar-refractivity contribution >= 4 is 5.57 Å². The summed E-state index contributed by atoms with van der Waals surface area (Å²) < 4.78 is 2.12. The van der Waals surface area contributed by atoms with Gasteiger partial charge in [0.15, 0.2) is 0 Å². The molecule has 3 heteroatoms. The number of aromatic nitrogens is 2. The van der Waals surface area contributed by atoms with Gasteiger partial charge in [-0.05, 0) is 32.4 Å². The Kier molecular flexibility index (Phi) is 2.68. The lowest BCUT2D eigenvalue weighted by Gasteiger charge is -2.17. The molecule has 2 heterocycles. The average Bonchev–Trinajstić information content (AvgIpc) is 2.67. The lowest BCUT2D eigenvalue weighted by atomic mass is 10.0. The van der Waals surface area contributed by atoms with Crippen LogP contribution in [-0.4, -0.2) is 22.6 Å². The Hall–Kier alpha value is -1.09. The van der Waals surface area contributed by atoms with E-state index in [2.05, 4.69) is 34.9 Å². The Morgan fingerprint density at radius 3 is 3.07 bits per heavy atom. The molecule has 0 atom stereocenters. The maximum atomic E-state index is 4.43. The molecule has 3 nitrogen and oxygen atoms in total. The molecule has 1 N–H and O–H groups in total. The molecular weight excluding hydrogens is 174 g/mol. The number of imidazole rings is 1. The van der Waals surface area contributed by atoms with E-state index in [4.69, 9.17) is 0 Å². The van der Waals surface area contributed by atoms with Crippen LogP contribution in [0.1, 0.15) is 26.0 Å². The Bertz CT molecular complexity index is 349. The van der Waals surface area contributed by atoms with E-state index in [1.165, 1.54) is 11.1 Å². The highest BCUT2D eigenvalue weighted by molar-refractivity contribution is 5.67. The van der Waals surface area contributed by atoms with Gasteiger partial charge in [0.1, 0.15) is 0 Å². The summed E-state index contributed by atoms with van der Waals surface area (Å²) in [5.41, 5.74) is 3.99. The minimum absolute atomic E-state index is 0.965. The number of aryl methyl sites for hydroxylation is 1. The van der Waals surface area contributed by atoms with Crippen LogP contribution in [0, 0.1) is 0 Å². The molecule has 1 aliphatic heterocycles. The fourth-order valence-corrected chi connectivity index (χ4v) is 1.79. The quantitative estimate of drug-likeness (QED) is 0.770. The van der Waals surface area contributed by atoms with Gasteiger partial charge in [-0.2, -0.15) is 0 Å². The van der Waals surface area contributed by atoms with Crippen LogP contribution in [0.3, 0.4) is 0 Å². The first-order valence-electron chi connectivity index (χ1n) is 5.22. The molecule has 76 valence electrons. The second-order valence-corrected chi connectivity index (χ2v) is 3.78. The fraction of sp³-hybridized carbons (Fsp3) is 0.545. The highest BCUT2D eigenvalue weighted by Crippen LogP contribution is 2.20. The lowest BCUT2D eigenvalue weighted by molar-refractivity contribution is 0.713. The standard InChI is InChI=1S/C11H17N3/c1-3-14-7-11(13-8-14)10-6-12-5-4-9(10)2/h7-8,12H,3-6H2,1-2H3. The van der Waals surface area contributed by atoms with Gasteiger partial charge in [-0.1, -0.05) is 5.57 Å². The van der Waals surface area contributed by atoms with E-state index in [1.807, 2.05) is 6.33 Å². The maximum absolute atomic E-state index is 4.43. The largest absolute Gasteiger partial charge is 0.337 e. The maximum Gasteiger partial charge on any atom is 0.0953 e. The van der Waals surface area contributed by atoms with Crippen molar-refractivity contribution in [3.05, 3.63) is 23.8 Å². The Balaban J connectivity index is 2.29. The monoisotopic (exact) mass is 191 g/mol. The number of hydrogen-bond acceptors (Lipinski definition) is 2. The van der Waals surface area contributed by atoms with Crippen molar-refractivity contribution < 1.29 is 0 Å². The van der Waals surface area contributed by atoms with Gasteiger partial charge >= 0.3 is 0 Å². The minimum Gasteiger partial charge on any atom is -0.337 e. The van der Waals surface area contributed by atoms with E-state index in [0.29, 0.717) is 0 Å². The summed E-state index contributed by atoms with van der Waals surface area (Å²) in [7, 11) is 0. The van der Waals surface area contributed by atoms with Crippen molar-refractivity contribution in [2.24, 2.45) is 0 Å². The summed E-state index contributed by atoms with van der Waals surface area (Å²) in [6.07, 6.45) is 5.18. The summed E-state index contributed by atoms with van der Waals surface area (Å²) in [5, 5.41) is 3.38. The van der Waals surface area contributed by atoms with Crippen molar-refractivity contribution in [1.82, 2.24) is 14.9 Å². The zero-order valence-electron chi connectivity index (χ0n) is 8.88. The summed E-state index contributed by atoms with van der Waals surface area (Å²) in [6, 6.07) is 0. The molecule has 14 heavy (non-hydrogen) atoms. The van der Waals surface area contributed by atoms with Crippen LogP contribution in [0.25, 0.3) is 5.57 Å². The Labute approximate surface area is 84.8 Å². The second kappa shape index (κ2) is 3.96. The summed E-state index contributed by atoms with van der Waals surface area (Å²) in [6.45, 7) is 7.40. The molecule has 1 aliphatic rings. The van der Waals surface area contributed by atoms with E-state index < -0.39 is 0 Å². The molecule has 0 saturated carbocycles. The van der Waals surface area contributed by atoms with Crippen molar-refractivity contribution in [3.8, 4) is 0 Å². The van der Waals surface area contributed by atoms with Gasteiger partial charge in [-0.15, -0.1) is 0 Å². The normalized spacial score (nSPS) is 17.6. The van der Waals surface area contributed by atoms with Gasteiger partial charge in [0, 0.05) is 19.3 Å². The van der Waals surface area contributed by atoms with Gasteiger partial charge < -0.3 is 9.88 Å². The van der Waals surface area contributed by atoms with Crippen LogP contribution < -0.4 is 5.32 Å². The van der Waals surface area contributed by atoms with Crippen molar-refractivity contribution in [2.45, 2.75) is 26.8 Å². The average molecular weight is 191 g/mol. The molecule has 1 aromatic heterocycles. The molecular formula is C11H17N3. The highest BCUT2D eigenvalue weighted by atomic mass is 15.0. The van der Waals surface area contributed by atoms with E-state index in [-0.39, 0.29) is 0 Å². The Morgan fingerprint density at radius 2 is 2.43 bits per heavy atom. The molecule has 0 amide bonds. The molecule has 0 bridgehead atoms. The van der Waals surface area contributed by atoms with E-state index >= 15 is 0 Å². The minimum atomic E-state index is 0.965. The van der Waals surface area contributed by atoms with E-state index in [0.717, 1.165) is 31.7 Å². The van der Waals surface area contributed by atoms with Gasteiger partial charge in [0.2, 0.25) is 0 Å². The third-order valence-electron chi connectivity index (χ3n) is 2.80. The molecule has 0 radical (unpaired) electrons. The predicted molar refractivity (Wildman–Crippen MR) is 58.0 cm³/mol. The predicted octanol–water partition coefficient (Wildman–Crippen LogP) is 1.67. The second-order valence-electron chi connectivity index (χ2n) is 3.78. The van der Waals surface area contributed by atoms with E-state index in [9.17, 15) is 0 Å². The Morgan fingerprint density at radius 1 is 1.57 bits per heavy atom. The third kappa shape index (κ3) is 1.73. The number of nitrogens with one attached hydrogen (secondary N) is 1. The van der Waals surface area contributed by atoms with Crippen LogP contribution >= 0.6 is 0 Å². The fourth-order valence-electron chi connectivity index (χ4n) is 1.79. The lowest BCUT2D eigenvalue weighted by Crippen LogP contribution is -2.23. The first-order chi connectivity index (χ1) is 6.81. The molecule has 0 spiro atoms. The van der Waals surface area contributed by atoms with Gasteiger partial charge in [-0.25, -0.2) is 4.98 Å². The molecule has 0 aromatic carbocycles. The van der Waals surface area contributed by atoms with Gasteiger partial charge in [0.25, 0.3) is 0 Å². The summed E-state index contributed by atoms with van der Waals surface area (Å²) in [4.78, 5) is 4.43. The van der Waals surface area contributed by atoms with Crippen molar-refractivity contribution in [1.29, 1.82) is 0 Å². The number of hydrogen-bond donors (Lipinski definition) is 1. The van der Waals surface area contributed by atoms with Crippen LogP contribution in [0.4, 0.5) is 0 Å². The zero-order valence-corrected chi connectivity index (χ0v) is 8.88. The van der Waals surface area contributed by atoms with Crippen LogP contribution in [0.5, 0.6) is 0 Å². The SMILES string of the molecule is CCn1cnc(C2=C(C)CCNC2)c1. The van der Waals surface area contributed by atoms with Gasteiger partial charge in [-0.3, -0.25) is 0 Å². The first kappa shape index (κ1) is 9.46. The van der Waals surface area contributed by atoms with E-state index in [1.54, 1.807) is 0 Å². The molecule has 0 saturated heterocycles. The third-order valence-corrected chi connectivity index (χ3v) is 2.80. The topological polar surface area (TPSA) is 29.9 Å². The summed E-state index contributed by atoms with van der Waals surface area (Å²) >= 11 is 0. The van der Waals surface area contributed by atoms with Crippen LogP contribution in [0.2, 0.25) is 0 Å². The van der Waals surface area contributed by atoms with Gasteiger partial charge in [0.05, 0.1) is 12.0 Å². The summed E-state index contributed by atoms with van der Waals surface area (Å²) in [5.74, 6) is 0. The smallest absolute Gasteiger partial charge is 0.0953 e. The van der Waals surface area contributed by atoms with Crippen molar-refractivity contribution in [2.75, 3.05) is 13.1 Å². The number of nitrogens with zero attached hydrogens (tertiary/aromatic N) is 2. The van der Waals surface area contributed by atoms with Crippen molar-refractivity contribution in [3.63, 3.8) is 0 Å². The molecule has 0 fully saturated rings.